The third kappa shape index (κ3) is 4.29. The Morgan fingerprint density at radius 1 is 1.11 bits per heavy atom. The second-order valence-corrected chi connectivity index (χ2v) is 7.35. The van der Waals surface area contributed by atoms with E-state index in [-0.39, 0.29) is 0 Å². The van der Waals surface area contributed by atoms with Crippen LogP contribution in [0.4, 0.5) is 17.7 Å². The predicted octanol–water partition coefficient (Wildman–Crippen LogP) is 1.10. The fourth-order valence-electron chi connectivity index (χ4n) is 3.81. The van der Waals surface area contributed by atoms with Crippen LogP contribution in [-0.2, 0) is 13.0 Å². The number of H-pyrrole nitrogens is 1. The van der Waals surface area contributed by atoms with Gasteiger partial charge < -0.3 is 20.9 Å². The van der Waals surface area contributed by atoms with Gasteiger partial charge in [0.05, 0.1) is 6.54 Å². The van der Waals surface area contributed by atoms with Gasteiger partial charge in [0.25, 0.3) is 0 Å². The van der Waals surface area contributed by atoms with Crippen LogP contribution >= 0.6 is 0 Å². The minimum Gasteiger partial charge on any atom is -0.367 e. The summed E-state index contributed by atoms with van der Waals surface area (Å²) >= 11 is 0. The predicted molar refractivity (Wildman–Crippen MR) is 106 cm³/mol. The summed E-state index contributed by atoms with van der Waals surface area (Å²) in [5.74, 6) is 3.06. The maximum absolute atomic E-state index is 5.55. The number of piperidine rings is 1. The van der Waals surface area contributed by atoms with Crippen LogP contribution in [0.15, 0.2) is 6.07 Å². The lowest BCUT2D eigenvalue weighted by Gasteiger charge is -2.33. The molecule has 27 heavy (non-hydrogen) atoms. The van der Waals surface area contributed by atoms with Gasteiger partial charge in [-0.25, -0.2) is 4.98 Å². The Morgan fingerprint density at radius 3 is 2.56 bits per heavy atom. The highest BCUT2D eigenvalue weighted by Gasteiger charge is 2.23. The lowest BCUT2D eigenvalue weighted by Crippen LogP contribution is -2.43. The number of nitrogens with one attached hydrogen (secondary N) is 2. The summed E-state index contributed by atoms with van der Waals surface area (Å²) in [6.45, 7) is 6.97. The Bertz CT molecular complexity index is 745. The van der Waals surface area contributed by atoms with E-state index < -0.39 is 0 Å². The van der Waals surface area contributed by atoms with Gasteiger partial charge in [0.15, 0.2) is 0 Å². The van der Waals surface area contributed by atoms with E-state index in [1.807, 2.05) is 0 Å². The highest BCUT2D eigenvalue weighted by molar-refractivity contribution is 5.47. The van der Waals surface area contributed by atoms with Crippen LogP contribution in [0.2, 0.25) is 0 Å². The molecule has 4 N–H and O–H groups in total. The van der Waals surface area contributed by atoms with Crippen LogP contribution in [0.5, 0.6) is 0 Å². The molecule has 0 spiro atoms. The van der Waals surface area contributed by atoms with Crippen molar-refractivity contribution in [2.45, 2.75) is 51.6 Å². The van der Waals surface area contributed by atoms with Crippen LogP contribution in [0.1, 0.15) is 44.1 Å². The van der Waals surface area contributed by atoms with E-state index in [1.165, 1.54) is 12.8 Å². The van der Waals surface area contributed by atoms with Gasteiger partial charge >= 0.3 is 0 Å². The van der Waals surface area contributed by atoms with E-state index in [1.54, 1.807) is 0 Å². The van der Waals surface area contributed by atoms with Crippen molar-refractivity contribution >= 4 is 17.7 Å². The fourth-order valence-corrected chi connectivity index (χ4v) is 3.81. The highest BCUT2D eigenvalue weighted by Crippen LogP contribution is 2.24. The molecule has 0 bridgehead atoms. The average molecular weight is 371 g/mol. The van der Waals surface area contributed by atoms with E-state index >= 15 is 0 Å². The first-order valence-electron chi connectivity index (χ1n) is 9.99. The summed E-state index contributed by atoms with van der Waals surface area (Å²) in [6.07, 6.45) is 5.57. The molecule has 0 radical (unpaired) electrons. The summed E-state index contributed by atoms with van der Waals surface area (Å²) in [5, 5.41) is 10.3. The minimum absolute atomic E-state index is 0.297. The van der Waals surface area contributed by atoms with Gasteiger partial charge in [-0.15, -0.1) is 5.10 Å². The zero-order valence-electron chi connectivity index (χ0n) is 16.0. The van der Waals surface area contributed by atoms with Crippen LogP contribution in [0, 0.1) is 0 Å². The molecule has 2 aromatic heterocycles. The first-order valence-corrected chi connectivity index (χ1v) is 9.99. The molecule has 4 heterocycles. The average Bonchev–Trinajstić information content (AvgIpc) is 3.38. The number of nitrogens with two attached hydrogens (primary N) is 1. The van der Waals surface area contributed by atoms with Crippen LogP contribution < -0.4 is 20.9 Å². The molecule has 0 atom stereocenters. The normalized spacial score (nSPS) is 18.4. The van der Waals surface area contributed by atoms with Crippen molar-refractivity contribution in [1.29, 1.82) is 0 Å². The number of hydrogen-bond acceptors (Lipinski definition) is 8. The van der Waals surface area contributed by atoms with Crippen molar-refractivity contribution in [3.63, 3.8) is 0 Å². The molecule has 4 rings (SSSR count). The molecule has 9 heteroatoms. The number of hydrogen-bond donors (Lipinski definition) is 3. The number of anilines is 3. The van der Waals surface area contributed by atoms with Crippen molar-refractivity contribution in [3.05, 3.63) is 17.6 Å². The number of rotatable bonds is 6. The Balaban J connectivity index is 1.36. The summed E-state index contributed by atoms with van der Waals surface area (Å²) in [4.78, 5) is 18.5. The molecule has 0 aliphatic carbocycles. The van der Waals surface area contributed by atoms with Crippen molar-refractivity contribution < 1.29 is 0 Å². The number of aromatic amines is 1. The second kappa shape index (κ2) is 8.08. The van der Waals surface area contributed by atoms with Gasteiger partial charge in [-0.3, -0.25) is 5.10 Å². The lowest BCUT2D eigenvalue weighted by atomic mass is 10.0. The molecule has 2 aromatic rings. The van der Waals surface area contributed by atoms with Gasteiger partial charge in [-0.1, -0.05) is 6.92 Å². The van der Waals surface area contributed by atoms with Gasteiger partial charge in [0.2, 0.25) is 11.9 Å². The van der Waals surface area contributed by atoms with Crippen molar-refractivity contribution in [1.82, 2.24) is 30.5 Å². The zero-order chi connectivity index (χ0) is 18.6. The van der Waals surface area contributed by atoms with E-state index in [9.17, 15) is 0 Å². The number of aromatic nitrogens is 5. The zero-order valence-corrected chi connectivity index (χ0v) is 16.0. The molecule has 9 nitrogen and oxygen atoms in total. The number of aryl methyl sites for hydroxylation is 1. The molecular formula is C18H29N9. The molecule has 2 aliphatic heterocycles. The smallest absolute Gasteiger partial charge is 0.239 e. The molecule has 0 amide bonds. The molecule has 0 aromatic carbocycles. The number of nitrogens with zero attached hydrogens (tertiary/aromatic N) is 6. The first-order chi connectivity index (χ1) is 13.2. The Morgan fingerprint density at radius 2 is 1.89 bits per heavy atom. The first kappa shape index (κ1) is 18.0. The monoisotopic (exact) mass is 371 g/mol. The minimum atomic E-state index is 0.297. The van der Waals surface area contributed by atoms with Crippen molar-refractivity contribution in [3.8, 4) is 0 Å². The molecule has 2 aliphatic rings. The van der Waals surface area contributed by atoms with E-state index in [0.29, 0.717) is 18.5 Å². The fraction of sp³-hybridized carbons (Fsp3) is 0.667. The van der Waals surface area contributed by atoms with Gasteiger partial charge in [-0.05, 0) is 32.1 Å². The molecule has 146 valence electrons. The maximum atomic E-state index is 5.55. The SMILES string of the molecule is CCc1cc(N2CCC(NCc3nc(N)n[nH]3)CC2)nc(N2CCCC2)n1. The van der Waals surface area contributed by atoms with E-state index in [4.69, 9.17) is 15.7 Å². The summed E-state index contributed by atoms with van der Waals surface area (Å²) in [5.41, 5.74) is 6.68. The third-order valence-corrected chi connectivity index (χ3v) is 5.43. The Labute approximate surface area is 159 Å². The molecule has 2 saturated heterocycles. The maximum Gasteiger partial charge on any atom is 0.239 e. The standard InChI is InChI=1S/C18H29N9/c1-2-13-11-16(23-18(21-13)27-7-3-4-8-27)26-9-5-14(6-10-26)20-12-15-22-17(19)25-24-15/h11,14,20H,2-10,12H2,1H3,(H3,19,22,24,25). The second-order valence-electron chi connectivity index (χ2n) is 7.35. The Hall–Kier alpha value is -2.42. The summed E-state index contributed by atoms with van der Waals surface area (Å²) in [6, 6.07) is 2.63. The van der Waals surface area contributed by atoms with Crippen molar-refractivity contribution in [2.24, 2.45) is 0 Å². The van der Waals surface area contributed by atoms with Gasteiger partial charge in [0.1, 0.15) is 11.6 Å². The molecular weight excluding hydrogens is 342 g/mol. The summed E-state index contributed by atoms with van der Waals surface area (Å²) in [7, 11) is 0. The topological polar surface area (TPSA) is 112 Å². The van der Waals surface area contributed by atoms with E-state index in [0.717, 1.165) is 68.7 Å². The van der Waals surface area contributed by atoms with Crippen LogP contribution in [0.25, 0.3) is 0 Å². The van der Waals surface area contributed by atoms with Crippen LogP contribution in [0.3, 0.4) is 0 Å². The highest BCUT2D eigenvalue weighted by atomic mass is 15.3. The third-order valence-electron chi connectivity index (χ3n) is 5.43. The summed E-state index contributed by atoms with van der Waals surface area (Å²) < 4.78 is 0. The lowest BCUT2D eigenvalue weighted by molar-refractivity contribution is 0.408. The molecule has 0 saturated carbocycles. The molecule has 0 unspecified atom stereocenters. The quantitative estimate of drug-likeness (QED) is 0.692. The molecule has 2 fully saturated rings. The van der Waals surface area contributed by atoms with Gasteiger partial charge in [0, 0.05) is 44.0 Å². The van der Waals surface area contributed by atoms with E-state index in [2.05, 4.69) is 43.3 Å². The van der Waals surface area contributed by atoms with Crippen LogP contribution in [-0.4, -0.2) is 57.4 Å². The largest absolute Gasteiger partial charge is 0.367 e. The Kier molecular flexibility index (Phi) is 5.38. The van der Waals surface area contributed by atoms with Crippen molar-refractivity contribution in [2.75, 3.05) is 41.7 Å². The van der Waals surface area contributed by atoms with Gasteiger partial charge in [-0.2, -0.15) is 9.97 Å². The number of nitrogen functional groups attached to an aromatic ring is 1.